The summed E-state index contributed by atoms with van der Waals surface area (Å²) in [6, 6.07) is 4.64. The number of hydrogen-bond acceptors (Lipinski definition) is 3. The van der Waals surface area contributed by atoms with Gasteiger partial charge in [-0.2, -0.15) is 0 Å². The Morgan fingerprint density at radius 2 is 2.08 bits per heavy atom. The molecule has 0 unspecified atom stereocenters. The quantitative estimate of drug-likeness (QED) is 0.697. The molecule has 3 heteroatoms. The minimum Gasteiger partial charge on any atom is -0.504 e. The molecular weight excluding hydrogens is 168 g/mol. The van der Waals surface area contributed by atoms with Gasteiger partial charge in [-0.3, -0.25) is 0 Å². The molecule has 13 heavy (non-hydrogen) atoms. The van der Waals surface area contributed by atoms with Crippen LogP contribution in [0.1, 0.15) is 5.56 Å². The Bertz CT molecular complexity index is 305. The summed E-state index contributed by atoms with van der Waals surface area (Å²) in [7, 11) is 1.61. The van der Waals surface area contributed by atoms with E-state index in [2.05, 4.69) is 0 Å². The van der Waals surface area contributed by atoms with Gasteiger partial charge in [-0.15, -0.1) is 0 Å². The summed E-state index contributed by atoms with van der Waals surface area (Å²) in [6.45, 7) is 0.529. The first-order valence-corrected chi connectivity index (χ1v) is 3.91. The van der Waals surface area contributed by atoms with Gasteiger partial charge in [0.15, 0.2) is 11.5 Å². The van der Waals surface area contributed by atoms with Crippen LogP contribution in [-0.4, -0.2) is 23.9 Å². The molecule has 0 saturated carbocycles. The summed E-state index contributed by atoms with van der Waals surface area (Å²) in [5, 5.41) is 18.2. The first kappa shape index (κ1) is 9.61. The molecule has 0 heterocycles. The number of aromatic hydroxyl groups is 2. The lowest BCUT2D eigenvalue weighted by molar-refractivity contribution is 0.234. The summed E-state index contributed by atoms with van der Waals surface area (Å²) >= 11 is 0. The number of rotatable bonds is 3. The number of phenols is 2. The fraction of sp³-hybridized carbons (Fsp3) is 0.200. The summed E-state index contributed by atoms with van der Waals surface area (Å²) in [4.78, 5) is 0. The zero-order valence-electron chi connectivity index (χ0n) is 7.40. The number of hydrogen-bond donors (Lipinski definition) is 2. The van der Waals surface area contributed by atoms with Gasteiger partial charge in [0.25, 0.3) is 0 Å². The van der Waals surface area contributed by atoms with E-state index in [9.17, 15) is 0 Å². The molecule has 0 fully saturated rings. The van der Waals surface area contributed by atoms with Crippen molar-refractivity contribution in [3.05, 3.63) is 29.8 Å². The largest absolute Gasteiger partial charge is 0.504 e. The Morgan fingerprint density at radius 3 is 2.69 bits per heavy atom. The predicted octanol–water partition coefficient (Wildman–Crippen LogP) is 1.76. The Kier molecular flexibility index (Phi) is 3.34. The van der Waals surface area contributed by atoms with Gasteiger partial charge < -0.3 is 14.9 Å². The molecule has 0 aromatic heterocycles. The van der Waals surface area contributed by atoms with Crippen LogP contribution in [0.2, 0.25) is 0 Å². The fourth-order valence-corrected chi connectivity index (χ4v) is 0.925. The summed E-state index contributed by atoms with van der Waals surface area (Å²) in [6.07, 6.45) is 3.63. The molecule has 0 bridgehead atoms. The van der Waals surface area contributed by atoms with E-state index in [-0.39, 0.29) is 11.5 Å². The van der Waals surface area contributed by atoms with Gasteiger partial charge in [-0.05, 0) is 17.7 Å². The van der Waals surface area contributed by atoms with E-state index in [0.29, 0.717) is 6.61 Å². The van der Waals surface area contributed by atoms with E-state index in [1.165, 1.54) is 12.1 Å². The third kappa shape index (κ3) is 2.80. The second-order valence-electron chi connectivity index (χ2n) is 2.61. The molecule has 0 aliphatic rings. The highest BCUT2D eigenvalue weighted by molar-refractivity contribution is 5.54. The molecular formula is C10H12O3. The molecule has 0 amide bonds. The van der Waals surface area contributed by atoms with Crippen LogP contribution in [0.25, 0.3) is 6.08 Å². The number of ether oxygens (including phenoxy) is 1. The Balaban J connectivity index is 2.73. The van der Waals surface area contributed by atoms with E-state index in [1.807, 2.05) is 12.2 Å². The summed E-state index contributed by atoms with van der Waals surface area (Å²) in [5.41, 5.74) is 0.826. The van der Waals surface area contributed by atoms with Gasteiger partial charge in [-0.25, -0.2) is 0 Å². The second-order valence-corrected chi connectivity index (χ2v) is 2.61. The van der Waals surface area contributed by atoms with Crippen molar-refractivity contribution in [2.45, 2.75) is 0 Å². The van der Waals surface area contributed by atoms with Crippen LogP contribution in [0.15, 0.2) is 24.3 Å². The maximum absolute atomic E-state index is 9.14. The zero-order chi connectivity index (χ0) is 9.68. The fourth-order valence-electron chi connectivity index (χ4n) is 0.925. The molecule has 0 saturated heterocycles. The maximum atomic E-state index is 9.14. The first-order chi connectivity index (χ1) is 6.24. The van der Waals surface area contributed by atoms with Crippen molar-refractivity contribution in [2.24, 2.45) is 0 Å². The van der Waals surface area contributed by atoms with Crippen molar-refractivity contribution in [3.8, 4) is 11.5 Å². The SMILES string of the molecule is COC/C=C/c1ccc(O)c(O)c1. The summed E-state index contributed by atoms with van der Waals surface area (Å²) in [5.74, 6) is -0.219. The summed E-state index contributed by atoms with van der Waals surface area (Å²) < 4.78 is 4.82. The van der Waals surface area contributed by atoms with Gasteiger partial charge >= 0.3 is 0 Å². The van der Waals surface area contributed by atoms with Crippen molar-refractivity contribution in [1.29, 1.82) is 0 Å². The van der Waals surface area contributed by atoms with Crippen LogP contribution >= 0.6 is 0 Å². The molecule has 0 atom stereocenters. The van der Waals surface area contributed by atoms with Crippen LogP contribution in [0.3, 0.4) is 0 Å². The number of methoxy groups -OCH3 is 1. The van der Waals surface area contributed by atoms with Crippen LogP contribution < -0.4 is 0 Å². The minimum atomic E-state index is -0.112. The normalized spacial score (nSPS) is 10.8. The van der Waals surface area contributed by atoms with Crippen LogP contribution in [0.4, 0.5) is 0 Å². The van der Waals surface area contributed by atoms with Gasteiger partial charge in [0.05, 0.1) is 6.61 Å². The van der Waals surface area contributed by atoms with Gasteiger partial charge in [0, 0.05) is 7.11 Å². The predicted molar refractivity (Wildman–Crippen MR) is 50.7 cm³/mol. The van der Waals surface area contributed by atoms with Gasteiger partial charge in [-0.1, -0.05) is 18.2 Å². The molecule has 0 aliphatic heterocycles. The average Bonchev–Trinajstić information content (AvgIpc) is 2.12. The lowest BCUT2D eigenvalue weighted by atomic mass is 10.2. The van der Waals surface area contributed by atoms with Gasteiger partial charge in [0.1, 0.15) is 0 Å². The van der Waals surface area contributed by atoms with Crippen LogP contribution in [-0.2, 0) is 4.74 Å². The Labute approximate surface area is 76.9 Å². The highest BCUT2D eigenvalue weighted by Gasteiger charge is 1.96. The van der Waals surface area contributed by atoms with Crippen molar-refractivity contribution >= 4 is 6.08 Å². The lowest BCUT2D eigenvalue weighted by Gasteiger charge is -1.98. The Hall–Kier alpha value is -1.48. The van der Waals surface area contributed by atoms with E-state index >= 15 is 0 Å². The number of phenolic OH excluding ortho intramolecular Hbond substituents is 2. The van der Waals surface area contributed by atoms with Crippen LogP contribution in [0, 0.1) is 0 Å². The third-order valence-corrected chi connectivity index (χ3v) is 1.57. The second kappa shape index (κ2) is 4.52. The topological polar surface area (TPSA) is 49.7 Å². The monoisotopic (exact) mass is 180 g/mol. The third-order valence-electron chi connectivity index (χ3n) is 1.57. The van der Waals surface area contributed by atoms with E-state index in [4.69, 9.17) is 14.9 Å². The first-order valence-electron chi connectivity index (χ1n) is 3.91. The van der Waals surface area contributed by atoms with Crippen molar-refractivity contribution in [2.75, 3.05) is 13.7 Å². The van der Waals surface area contributed by atoms with Crippen molar-refractivity contribution in [1.82, 2.24) is 0 Å². The van der Waals surface area contributed by atoms with E-state index in [0.717, 1.165) is 5.56 Å². The minimum absolute atomic E-state index is 0.108. The van der Waals surface area contributed by atoms with E-state index in [1.54, 1.807) is 13.2 Å². The lowest BCUT2D eigenvalue weighted by Crippen LogP contribution is -1.80. The molecule has 1 rings (SSSR count). The Morgan fingerprint density at radius 1 is 1.31 bits per heavy atom. The molecule has 3 nitrogen and oxygen atoms in total. The highest BCUT2D eigenvalue weighted by atomic mass is 16.5. The highest BCUT2D eigenvalue weighted by Crippen LogP contribution is 2.25. The molecule has 0 aliphatic carbocycles. The van der Waals surface area contributed by atoms with Crippen molar-refractivity contribution in [3.63, 3.8) is 0 Å². The molecule has 0 radical (unpaired) electrons. The molecule has 1 aromatic carbocycles. The van der Waals surface area contributed by atoms with Crippen LogP contribution in [0.5, 0.6) is 11.5 Å². The number of benzene rings is 1. The van der Waals surface area contributed by atoms with Gasteiger partial charge in [0.2, 0.25) is 0 Å². The maximum Gasteiger partial charge on any atom is 0.157 e. The molecule has 2 N–H and O–H groups in total. The molecule has 0 spiro atoms. The molecule has 70 valence electrons. The van der Waals surface area contributed by atoms with Crippen molar-refractivity contribution < 1.29 is 14.9 Å². The standard InChI is InChI=1S/C10H12O3/c1-13-6-2-3-8-4-5-9(11)10(12)7-8/h2-5,7,11-12H,6H2,1H3/b3-2+. The zero-order valence-corrected chi connectivity index (χ0v) is 7.40. The average molecular weight is 180 g/mol. The van der Waals surface area contributed by atoms with E-state index < -0.39 is 0 Å². The smallest absolute Gasteiger partial charge is 0.157 e. The molecule has 1 aromatic rings.